The van der Waals surface area contributed by atoms with Gasteiger partial charge in [0.15, 0.2) is 5.41 Å². The number of piperidine rings is 1. The Labute approximate surface area is 171 Å². The first-order valence-corrected chi connectivity index (χ1v) is 9.88. The molecule has 2 aromatic carbocycles. The zero-order valence-corrected chi connectivity index (χ0v) is 16.5. The molecule has 5 heteroatoms. The van der Waals surface area contributed by atoms with Crippen LogP contribution >= 0.6 is 0 Å². The maximum atomic E-state index is 13.4. The lowest BCUT2D eigenvalue weighted by Crippen LogP contribution is -2.55. The van der Waals surface area contributed by atoms with Crippen LogP contribution in [0.25, 0.3) is 6.08 Å². The van der Waals surface area contributed by atoms with Crippen LogP contribution in [0, 0.1) is 5.41 Å². The van der Waals surface area contributed by atoms with Gasteiger partial charge in [0.25, 0.3) is 5.91 Å². The monoisotopic (exact) mass is 391 g/mol. The number of carbonyl (C=O) groups is 3. The first-order chi connectivity index (χ1) is 14.1. The molecule has 1 atom stereocenters. The summed E-state index contributed by atoms with van der Waals surface area (Å²) in [4.78, 5) is 40.4. The predicted octanol–water partition coefficient (Wildman–Crippen LogP) is 4.10. The van der Waals surface area contributed by atoms with Crippen molar-refractivity contribution < 1.29 is 19.1 Å². The van der Waals surface area contributed by atoms with Crippen LogP contribution in [-0.4, -0.2) is 35.8 Å². The van der Waals surface area contributed by atoms with Crippen molar-refractivity contribution in [1.82, 2.24) is 4.90 Å². The summed E-state index contributed by atoms with van der Waals surface area (Å²) in [6, 6.07) is 18.3. The van der Waals surface area contributed by atoms with Crippen molar-refractivity contribution in [2.45, 2.75) is 26.2 Å². The first-order valence-electron chi connectivity index (χ1n) is 9.88. The molecule has 2 aromatic rings. The van der Waals surface area contributed by atoms with Gasteiger partial charge in [-0.3, -0.25) is 19.3 Å². The minimum absolute atomic E-state index is 0.183. The number of hydrogen-bond acceptors (Lipinski definition) is 4. The number of ether oxygens (including phenoxy) is 1. The van der Waals surface area contributed by atoms with E-state index < -0.39 is 17.3 Å². The number of imide groups is 1. The quantitative estimate of drug-likeness (QED) is 0.422. The summed E-state index contributed by atoms with van der Waals surface area (Å²) in [6.07, 6.45) is 4.82. The van der Waals surface area contributed by atoms with Crippen molar-refractivity contribution in [1.29, 1.82) is 0 Å². The summed E-state index contributed by atoms with van der Waals surface area (Å²) in [5, 5.41) is 0. The third-order valence-corrected chi connectivity index (χ3v) is 5.15. The minimum Gasteiger partial charge on any atom is -0.465 e. The Morgan fingerprint density at radius 3 is 2.38 bits per heavy atom. The maximum Gasteiger partial charge on any atom is 0.321 e. The zero-order valence-electron chi connectivity index (χ0n) is 16.5. The summed E-state index contributed by atoms with van der Waals surface area (Å²) in [5.74, 6) is -1.42. The number of nitrogens with zero attached hydrogens (tertiary/aromatic N) is 1. The molecule has 2 amide bonds. The van der Waals surface area contributed by atoms with Gasteiger partial charge in [0.1, 0.15) is 0 Å². The molecule has 3 rings (SSSR count). The largest absolute Gasteiger partial charge is 0.465 e. The SMILES string of the molecule is CCOC(=O)[C@@]1(CC=Cc2ccccc2)CCCN(C(=O)c2ccccc2)C1=O. The second-order valence-electron chi connectivity index (χ2n) is 7.05. The topological polar surface area (TPSA) is 63.7 Å². The molecule has 0 radical (unpaired) electrons. The van der Waals surface area contributed by atoms with Crippen LogP contribution in [0.5, 0.6) is 0 Å². The summed E-state index contributed by atoms with van der Waals surface area (Å²) in [6.45, 7) is 2.20. The fourth-order valence-electron chi connectivity index (χ4n) is 3.63. The third-order valence-electron chi connectivity index (χ3n) is 5.15. The molecule has 0 aliphatic carbocycles. The highest BCUT2D eigenvalue weighted by atomic mass is 16.5. The van der Waals surface area contributed by atoms with Gasteiger partial charge in [-0.25, -0.2) is 0 Å². The van der Waals surface area contributed by atoms with Crippen molar-refractivity contribution in [2.75, 3.05) is 13.2 Å². The number of esters is 1. The number of amides is 2. The normalized spacial score (nSPS) is 19.3. The molecule has 5 nitrogen and oxygen atoms in total. The van der Waals surface area contributed by atoms with E-state index in [2.05, 4.69) is 0 Å². The van der Waals surface area contributed by atoms with Gasteiger partial charge < -0.3 is 4.74 Å². The average Bonchev–Trinajstić information content (AvgIpc) is 2.76. The van der Waals surface area contributed by atoms with Crippen molar-refractivity contribution in [3.63, 3.8) is 0 Å². The number of benzene rings is 2. The second kappa shape index (κ2) is 9.32. The molecule has 0 spiro atoms. The van der Waals surface area contributed by atoms with Crippen LogP contribution in [0.4, 0.5) is 0 Å². The summed E-state index contributed by atoms with van der Waals surface area (Å²) < 4.78 is 5.26. The first kappa shape index (κ1) is 20.5. The standard InChI is InChI=1S/C24H25NO4/c1-2-29-23(28)24(16-9-13-19-11-5-3-6-12-19)17-10-18-25(22(24)27)21(26)20-14-7-4-8-15-20/h3-9,11-15H,2,10,16-18H2,1H3/t24-/m0/s1. The molecule has 1 aliphatic heterocycles. The Kier molecular flexibility index (Phi) is 6.60. The van der Waals surface area contributed by atoms with Crippen LogP contribution in [0.1, 0.15) is 42.1 Å². The van der Waals surface area contributed by atoms with E-state index in [1.165, 1.54) is 4.90 Å². The number of hydrogen-bond donors (Lipinski definition) is 0. The van der Waals surface area contributed by atoms with Crippen molar-refractivity contribution in [3.05, 3.63) is 77.9 Å². The van der Waals surface area contributed by atoms with Gasteiger partial charge in [0, 0.05) is 12.1 Å². The van der Waals surface area contributed by atoms with Crippen molar-refractivity contribution in [3.8, 4) is 0 Å². The van der Waals surface area contributed by atoms with Gasteiger partial charge in [-0.05, 0) is 43.9 Å². The molecule has 1 heterocycles. The van der Waals surface area contributed by atoms with E-state index in [1.807, 2.05) is 48.6 Å². The fourth-order valence-corrected chi connectivity index (χ4v) is 3.63. The Balaban J connectivity index is 1.88. The summed E-state index contributed by atoms with van der Waals surface area (Å²) >= 11 is 0. The lowest BCUT2D eigenvalue weighted by atomic mass is 9.75. The maximum absolute atomic E-state index is 13.4. The highest BCUT2D eigenvalue weighted by molar-refractivity contribution is 6.13. The molecule has 0 aromatic heterocycles. The van der Waals surface area contributed by atoms with Crippen LogP contribution in [0.2, 0.25) is 0 Å². The predicted molar refractivity (Wildman–Crippen MR) is 111 cm³/mol. The molecule has 1 aliphatic rings. The highest BCUT2D eigenvalue weighted by Gasteiger charge is 2.52. The number of likely N-dealkylation sites (tertiary alicyclic amines) is 1. The van der Waals surface area contributed by atoms with E-state index in [-0.39, 0.29) is 18.9 Å². The van der Waals surface area contributed by atoms with Gasteiger partial charge in [-0.2, -0.15) is 0 Å². The highest BCUT2D eigenvalue weighted by Crippen LogP contribution is 2.37. The molecule has 1 fully saturated rings. The van der Waals surface area contributed by atoms with Gasteiger partial charge in [-0.15, -0.1) is 0 Å². The molecule has 0 unspecified atom stereocenters. The number of allylic oxidation sites excluding steroid dienone is 1. The fraction of sp³-hybridized carbons (Fsp3) is 0.292. The van der Waals surface area contributed by atoms with E-state index in [0.29, 0.717) is 24.9 Å². The Hall–Kier alpha value is -3.21. The number of rotatable bonds is 6. The molecule has 1 saturated heterocycles. The zero-order chi connectivity index (χ0) is 20.7. The van der Waals surface area contributed by atoms with Gasteiger partial charge in [-0.1, -0.05) is 60.7 Å². The lowest BCUT2D eigenvalue weighted by molar-refractivity contribution is -0.166. The van der Waals surface area contributed by atoms with E-state index in [0.717, 1.165) is 5.56 Å². The molecule has 0 saturated carbocycles. The minimum atomic E-state index is -1.37. The lowest BCUT2D eigenvalue weighted by Gasteiger charge is -2.38. The second-order valence-corrected chi connectivity index (χ2v) is 7.05. The molecular formula is C24H25NO4. The summed E-state index contributed by atoms with van der Waals surface area (Å²) in [5.41, 5.74) is 0.0385. The van der Waals surface area contributed by atoms with Crippen LogP contribution in [0.3, 0.4) is 0 Å². The van der Waals surface area contributed by atoms with Crippen LogP contribution in [0.15, 0.2) is 66.7 Å². The van der Waals surface area contributed by atoms with Crippen LogP contribution in [-0.2, 0) is 14.3 Å². The number of carbonyl (C=O) groups excluding carboxylic acids is 3. The average molecular weight is 391 g/mol. The van der Waals surface area contributed by atoms with Gasteiger partial charge in [0.2, 0.25) is 5.91 Å². The third kappa shape index (κ3) is 4.45. The van der Waals surface area contributed by atoms with E-state index >= 15 is 0 Å². The Morgan fingerprint density at radius 1 is 1.07 bits per heavy atom. The van der Waals surface area contributed by atoms with E-state index in [1.54, 1.807) is 31.2 Å². The Morgan fingerprint density at radius 2 is 1.72 bits per heavy atom. The van der Waals surface area contributed by atoms with Gasteiger partial charge in [0.05, 0.1) is 6.61 Å². The molecule has 0 N–H and O–H groups in total. The van der Waals surface area contributed by atoms with E-state index in [4.69, 9.17) is 4.74 Å². The molecule has 29 heavy (non-hydrogen) atoms. The van der Waals surface area contributed by atoms with Crippen LogP contribution < -0.4 is 0 Å². The van der Waals surface area contributed by atoms with E-state index in [9.17, 15) is 14.4 Å². The van der Waals surface area contributed by atoms with Gasteiger partial charge >= 0.3 is 5.97 Å². The molecule has 150 valence electrons. The molecule has 0 bridgehead atoms. The molecular weight excluding hydrogens is 366 g/mol. The smallest absolute Gasteiger partial charge is 0.321 e. The van der Waals surface area contributed by atoms with Crippen molar-refractivity contribution in [2.24, 2.45) is 5.41 Å². The van der Waals surface area contributed by atoms with Crippen molar-refractivity contribution >= 4 is 23.9 Å². The Bertz CT molecular complexity index is 892. The summed E-state index contributed by atoms with van der Waals surface area (Å²) in [7, 11) is 0.